The molecule has 2 aromatic carbocycles. The molecule has 0 fully saturated rings. The van der Waals surface area contributed by atoms with Crippen molar-refractivity contribution in [3.63, 3.8) is 0 Å². The van der Waals surface area contributed by atoms with Crippen LogP contribution in [0.4, 0.5) is 5.69 Å². The largest absolute Gasteiger partial charge is 0.461 e. The van der Waals surface area contributed by atoms with Crippen LogP contribution in [0.2, 0.25) is 5.02 Å². The van der Waals surface area contributed by atoms with Gasteiger partial charge < -0.3 is 15.5 Å². The molecule has 0 bridgehead atoms. The van der Waals surface area contributed by atoms with Crippen LogP contribution in [0.15, 0.2) is 52.9 Å². The van der Waals surface area contributed by atoms with Crippen LogP contribution in [0.1, 0.15) is 17.4 Å². The van der Waals surface area contributed by atoms with Gasteiger partial charge in [0.2, 0.25) is 0 Å². The maximum Gasteiger partial charge on any atom is 0.134 e. The molecule has 3 rings (SSSR count). The van der Waals surface area contributed by atoms with Crippen LogP contribution in [-0.4, -0.2) is 6.54 Å². The molecule has 0 saturated carbocycles. The molecule has 1 atom stereocenters. The molecule has 3 aromatic rings. The minimum absolute atomic E-state index is 0.0212. The van der Waals surface area contributed by atoms with Crippen molar-refractivity contribution in [1.29, 1.82) is 0 Å². The van der Waals surface area contributed by atoms with Crippen LogP contribution >= 0.6 is 11.6 Å². The molecule has 21 heavy (non-hydrogen) atoms. The third-order valence-corrected chi connectivity index (χ3v) is 3.80. The Labute approximate surface area is 128 Å². The van der Waals surface area contributed by atoms with Gasteiger partial charge in [-0.3, -0.25) is 0 Å². The number of furan rings is 1. The molecule has 1 heterocycles. The number of hydrogen-bond donors (Lipinski definition) is 2. The van der Waals surface area contributed by atoms with Crippen LogP contribution < -0.4 is 11.1 Å². The minimum atomic E-state index is -0.0212. The summed E-state index contributed by atoms with van der Waals surface area (Å²) in [5, 5.41) is 5.23. The van der Waals surface area contributed by atoms with E-state index < -0.39 is 0 Å². The number of rotatable bonds is 4. The summed E-state index contributed by atoms with van der Waals surface area (Å²) in [6.45, 7) is 2.44. The zero-order valence-corrected chi connectivity index (χ0v) is 12.5. The molecular weight excluding hydrogens is 284 g/mol. The molecule has 1 unspecified atom stereocenters. The zero-order chi connectivity index (χ0) is 14.8. The summed E-state index contributed by atoms with van der Waals surface area (Å²) >= 11 is 6.03. The Morgan fingerprint density at radius 1 is 1.19 bits per heavy atom. The molecule has 0 amide bonds. The molecular formula is C17H17ClN2O. The predicted octanol–water partition coefficient (Wildman–Crippen LogP) is 4.51. The third-order valence-electron chi connectivity index (χ3n) is 3.57. The molecule has 0 spiro atoms. The summed E-state index contributed by atoms with van der Waals surface area (Å²) in [5.74, 6) is 0.890. The number of nitrogens with two attached hydrogens (primary N) is 1. The summed E-state index contributed by atoms with van der Waals surface area (Å²) in [7, 11) is 0. The standard InChI is InChI=1S/C17H17ClN2O/c1-11-17(14-7-2-3-8-16(14)21-11)15(10-19)20-13-6-4-5-12(18)9-13/h2-9,15,20H,10,19H2,1H3. The average Bonchev–Trinajstić information content (AvgIpc) is 2.81. The number of hydrogen-bond acceptors (Lipinski definition) is 3. The van der Waals surface area contributed by atoms with Crippen LogP contribution in [0.3, 0.4) is 0 Å². The second-order valence-electron chi connectivity index (χ2n) is 5.01. The van der Waals surface area contributed by atoms with E-state index >= 15 is 0 Å². The molecule has 0 aliphatic carbocycles. The highest BCUT2D eigenvalue weighted by Gasteiger charge is 2.19. The van der Waals surface area contributed by atoms with E-state index in [0.717, 1.165) is 28.0 Å². The molecule has 108 valence electrons. The summed E-state index contributed by atoms with van der Waals surface area (Å²) in [6, 6.07) is 15.6. The third kappa shape index (κ3) is 2.75. The normalized spacial score (nSPS) is 12.5. The lowest BCUT2D eigenvalue weighted by atomic mass is 10.0. The first kappa shape index (κ1) is 14.0. The fraction of sp³-hybridized carbons (Fsp3) is 0.176. The van der Waals surface area contributed by atoms with Gasteiger partial charge in [-0.1, -0.05) is 35.9 Å². The van der Waals surface area contributed by atoms with Gasteiger partial charge in [0.15, 0.2) is 0 Å². The van der Waals surface area contributed by atoms with Crippen molar-refractivity contribution in [3.05, 3.63) is 64.9 Å². The fourth-order valence-corrected chi connectivity index (χ4v) is 2.84. The van der Waals surface area contributed by atoms with Gasteiger partial charge in [0.1, 0.15) is 11.3 Å². The molecule has 0 saturated heterocycles. The first-order valence-corrected chi connectivity index (χ1v) is 7.27. The first-order valence-electron chi connectivity index (χ1n) is 6.89. The van der Waals surface area contributed by atoms with Gasteiger partial charge in [0, 0.05) is 28.2 Å². The summed E-state index contributed by atoms with van der Waals surface area (Å²) in [6.07, 6.45) is 0. The Morgan fingerprint density at radius 2 is 2.00 bits per heavy atom. The van der Waals surface area contributed by atoms with Crippen molar-refractivity contribution >= 4 is 28.3 Å². The highest BCUT2D eigenvalue weighted by Crippen LogP contribution is 2.32. The average molecular weight is 301 g/mol. The minimum Gasteiger partial charge on any atom is -0.461 e. The summed E-state index contributed by atoms with van der Waals surface area (Å²) < 4.78 is 5.82. The number of para-hydroxylation sites is 1. The zero-order valence-electron chi connectivity index (χ0n) is 11.8. The number of halogens is 1. The van der Waals surface area contributed by atoms with Gasteiger partial charge in [-0.15, -0.1) is 0 Å². The second-order valence-corrected chi connectivity index (χ2v) is 5.45. The quantitative estimate of drug-likeness (QED) is 0.745. The van der Waals surface area contributed by atoms with E-state index in [4.69, 9.17) is 21.8 Å². The maximum atomic E-state index is 6.03. The van der Waals surface area contributed by atoms with Crippen LogP contribution in [0.25, 0.3) is 11.0 Å². The smallest absolute Gasteiger partial charge is 0.134 e. The van der Waals surface area contributed by atoms with Crippen LogP contribution in [0, 0.1) is 6.92 Å². The van der Waals surface area contributed by atoms with Gasteiger partial charge in [0.05, 0.1) is 6.04 Å². The number of fused-ring (bicyclic) bond motifs is 1. The maximum absolute atomic E-state index is 6.03. The topological polar surface area (TPSA) is 51.2 Å². The lowest BCUT2D eigenvalue weighted by Gasteiger charge is -2.18. The molecule has 1 aromatic heterocycles. The second kappa shape index (κ2) is 5.80. The van der Waals surface area contributed by atoms with E-state index in [2.05, 4.69) is 11.4 Å². The van der Waals surface area contributed by atoms with E-state index in [1.54, 1.807) is 0 Å². The highest BCUT2D eigenvalue weighted by molar-refractivity contribution is 6.30. The number of nitrogens with one attached hydrogen (secondary N) is 1. The van der Waals surface area contributed by atoms with E-state index in [-0.39, 0.29) is 6.04 Å². The Balaban J connectivity index is 2.00. The van der Waals surface area contributed by atoms with Crippen molar-refractivity contribution in [2.45, 2.75) is 13.0 Å². The van der Waals surface area contributed by atoms with Gasteiger partial charge in [-0.05, 0) is 31.2 Å². The number of aryl methyl sites for hydroxylation is 1. The Hall–Kier alpha value is -1.97. The molecule has 0 radical (unpaired) electrons. The van der Waals surface area contributed by atoms with E-state index in [1.165, 1.54) is 0 Å². The predicted molar refractivity (Wildman–Crippen MR) is 87.8 cm³/mol. The van der Waals surface area contributed by atoms with E-state index in [9.17, 15) is 0 Å². The van der Waals surface area contributed by atoms with Gasteiger partial charge in [0.25, 0.3) is 0 Å². The van der Waals surface area contributed by atoms with Crippen LogP contribution in [-0.2, 0) is 0 Å². The first-order chi connectivity index (χ1) is 10.2. The van der Waals surface area contributed by atoms with Crippen molar-refractivity contribution in [3.8, 4) is 0 Å². The highest BCUT2D eigenvalue weighted by atomic mass is 35.5. The molecule has 3 N–H and O–H groups in total. The van der Waals surface area contributed by atoms with Crippen LogP contribution in [0.5, 0.6) is 0 Å². The van der Waals surface area contributed by atoms with Gasteiger partial charge in [-0.25, -0.2) is 0 Å². The molecule has 0 aliphatic rings. The van der Waals surface area contributed by atoms with Crippen molar-refractivity contribution in [2.24, 2.45) is 5.73 Å². The fourth-order valence-electron chi connectivity index (χ4n) is 2.65. The van der Waals surface area contributed by atoms with Crippen molar-refractivity contribution < 1.29 is 4.42 Å². The molecule has 4 heteroatoms. The van der Waals surface area contributed by atoms with Gasteiger partial charge in [-0.2, -0.15) is 0 Å². The summed E-state index contributed by atoms with van der Waals surface area (Å²) in [4.78, 5) is 0. The van der Waals surface area contributed by atoms with Crippen molar-refractivity contribution in [1.82, 2.24) is 0 Å². The Morgan fingerprint density at radius 3 is 2.76 bits per heavy atom. The lowest BCUT2D eigenvalue weighted by Crippen LogP contribution is -2.21. The lowest BCUT2D eigenvalue weighted by molar-refractivity contribution is 0.566. The number of anilines is 1. The van der Waals surface area contributed by atoms with E-state index in [1.807, 2.05) is 49.4 Å². The SMILES string of the molecule is Cc1oc2ccccc2c1C(CN)Nc1cccc(Cl)c1. The molecule has 3 nitrogen and oxygen atoms in total. The Bertz CT molecular complexity index is 766. The monoisotopic (exact) mass is 300 g/mol. The summed E-state index contributed by atoms with van der Waals surface area (Å²) in [5.41, 5.74) is 8.91. The molecule has 0 aliphatic heterocycles. The number of benzene rings is 2. The van der Waals surface area contributed by atoms with Crippen molar-refractivity contribution in [2.75, 3.05) is 11.9 Å². The Kier molecular flexibility index (Phi) is 3.86. The van der Waals surface area contributed by atoms with E-state index in [0.29, 0.717) is 11.6 Å². The van der Waals surface area contributed by atoms with Gasteiger partial charge >= 0.3 is 0 Å².